The molecule has 0 bridgehead atoms. The maximum Gasteiger partial charge on any atom is 0.0741 e. The number of rotatable bonds is 2. The van der Waals surface area contributed by atoms with Crippen LogP contribution in [0.4, 0.5) is 5.69 Å². The SMILES string of the molecule is O[C@@H]1CCCC[C@H]1Nc1ccc(Br)c2ccccc12. The van der Waals surface area contributed by atoms with Crippen molar-refractivity contribution >= 4 is 32.4 Å². The van der Waals surface area contributed by atoms with E-state index < -0.39 is 0 Å². The Labute approximate surface area is 122 Å². The summed E-state index contributed by atoms with van der Waals surface area (Å²) in [5, 5.41) is 16.0. The van der Waals surface area contributed by atoms with Crippen LogP contribution in [0.2, 0.25) is 0 Å². The number of hydrogen-bond acceptors (Lipinski definition) is 2. The number of fused-ring (bicyclic) bond motifs is 1. The smallest absolute Gasteiger partial charge is 0.0741 e. The van der Waals surface area contributed by atoms with E-state index in [1.165, 1.54) is 17.2 Å². The molecular formula is C16H18BrNO. The summed E-state index contributed by atoms with van der Waals surface area (Å²) in [6.07, 6.45) is 4.07. The lowest BCUT2D eigenvalue weighted by Crippen LogP contribution is -2.36. The van der Waals surface area contributed by atoms with Gasteiger partial charge in [-0.05, 0) is 30.4 Å². The molecule has 0 heterocycles. The van der Waals surface area contributed by atoms with Gasteiger partial charge in [-0.25, -0.2) is 0 Å². The highest BCUT2D eigenvalue weighted by Gasteiger charge is 2.23. The van der Waals surface area contributed by atoms with Crippen molar-refractivity contribution in [3.8, 4) is 0 Å². The molecule has 0 amide bonds. The van der Waals surface area contributed by atoms with E-state index in [4.69, 9.17) is 0 Å². The minimum Gasteiger partial charge on any atom is -0.391 e. The molecule has 3 heteroatoms. The number of aliphatic hydroxyl groups excluding tert-OH is 1. The van der Waals surface area contributed by atoms with Gasteiger partial charge in [-0.15, -0.1) is 0 Å². The molecular weight excluding hydrogens is 302 g/mol. The third kappa shape index (κ3) is 2.63. The van der Waals surface area contributed by atoms with Crippen molar-refractivity contribution in [3.63, 3.8) is 0 Å². The number of halogens is 1. The summed E-state index contributed by atoms with van der Waals surface area (Å²) < 4.78 is 1.11. The van der Waals surface area contributed by atoms with Crippen LogP contribution < -0.4 is 5.32 Å². The van der Waals surface area contributed by atoms with Gasteiger partial charge in [-0.3, -0.25) is 0 Å². The van der Waals surface area contributed by atoms with Crippen molar-refractivity contribution in [2.45, 2.75) is 37.8 Å². The summed E-state index contributed by atoms with van der Waals surface area (Å²) in [4.78, 5) is 0. The van der Waals surface area contributed by atoms with E-state index in [9.17, 15) is 5.11 Å². The second-order valence-electron chi connectivity index (χ2n) is 5.24. The summed E-state index contributed by atoms with van der Waals surface area (Å²) in [6.45, 7) is 0. The highest BCUT2D eigenvalue weighted by atomic mass is 79.9. The predicted molar refractivity (Wildman–Crippen MR) is 83.5 cm³/mol. The largest absolute Gasteiger partial charge is 0.391 e. The molecule has 1 saturated carbocycles. The zero-order valence-corrected chi connectivity index (χ0v) is 12.4. The molecule has 0 radical (unpaired) electrons. The van der Waals surface area contributed by atoms with Crippen LogP contribution in [0.15, 0.2) is 40.9 Å². The van der Waals surface area contributed by atoms with E-state index in [-0.39, 0.29) is 12.1 Å². The van der Waals surface area contributed by atoms with Gasteiger partial charge in [-0.1, -0.05) is 53.0 Å². The molecule has 1 aliphatic rings. The average molecular weight is 320 g/mol. The van der Waals surface area contributed by atoms with Gasteiger partial charge in [0.25, 0.3) is 0 Å². The van der Waals surface area contributed by atoms with Crippen LogP contribution in [0.1, 0.15) is 25.7 Å². The second-order valence-corrected chi connectivity index (χ2v) is 6.10. The number of nitrogens with one attached hydrogen (secondary N) is 1. The first-order valence-electron chi connectivity index (χ1n) is 6.87. The van der Waals surface area contributed by atoms with Crippen molar-refractivity contribution in [1.29, 1.82) is 0 Å². The Kier molecular flexibility index (Phi) is 3.76. The first-order valence-corrected chi connectivity index (χ1v) is 7.67. The highest BCUT2D eigenvalue weighted by molar-refractivity contribution is 9.10. The van der Waals surface area contributed by atoms with Crippen LogP contribution in [0.25, 0.3) is 10.8 Å². The maximum absolute atomic E-state index is 10.1. The molecule has 1 fully saturated rings. The molecule has 2 N–H and O–H groups in total. The number of anilines is 1. The van der Waals surface area contributed by atoms with E-state index >= 15 is 0 Å². The summed E-state index contributed by atoms with van der Waals surface area (Å²) in [5.74, 6) is 0. The second kappa shape index (κ2) is 5.51. The molecule has 0 unspecified atom stereocenters. The van der Waals surface area contributed by atoms with E-state index in [0.29, 0.717) is 0 Å². The van der Waals surface area contributed by atoms with Crippen LogP contribution in [0.5, 0.6) is 0 Å². The Morgan fingerprint density at radius 1 is 1.00 bits per heavy atom. The van der Waals surface area contributed by atoms with Crippen LogP contribution in [0.3, 0.4) is 0 Å². The first-order chi connectivity index (χ1) is 9.25. The average Bonchev–Trinajstić information content (AvgIpc) is 2.44. The third-order valence-electron chi connectivity index (χ3n) is 3.94. The van der Waals surface area contributed by atoms with Gasteiger partial charge in [-0.2, -0.15) is 0 Å². The van der Waals surface area contributed by atoms with Crippen molar-refractivity contribution in [1.82, 2.24) is 0 Å². The van der Waals surface area contributed by atoms with Gasteiger partial charge < -0.3 is 10.4 Å². The minimum atomic E-state index is -0.226. The minimum absolute atomic E-state index is 0.179. The number of aliphatic hydroxyl groups is 1. The molecule has 0 aliphatic heterocycles. The van der Waals surface area contributed by atoms with Crippen molar-refractivity contribution in [2.75, 3.05) is 5.32 Å². The lowest BCUT2D eigenvalue weighted by Gasteiger charge is -2.29. The fourth-order valence-corrected chi connectivity index (χ4v) is 3.35. The van der Waals surface area contributed by atoms with Crippen LogP contribution in [-0.2, 0) is 0 Å². The summed E-state index contributed by atoms with van der Waals surface area (Å²) in [5.41, 5.74) is 1.12. The fourth-order valence-electron chi connectivity index (χ4n) is 2.87. The molecule has 19 heavy (non-hydrogen) atoms. The molecule has 2 aromatic carbocycles. The highest BCUT2D eigenvalue weighted by Crippen LogP contribution is 2.32. The van der Waals surface area contributed by atoms with Crippen molar-refractivity contribution in [3.05, 3.63) is 40.9 Å². The molecule has 0 saturated heterocycles. The Morgan fingerprint density at radius 2 is 1.74 bits per heavy atom. The summed E-state index contributed by atoms with van der Waals surface area (Å²) >= 11 is 3.59. The Hall–Kier alpha value is -1.06. The third-order valence-corrected chi connectivity index (χ3v) is 4.63. The molecule has 2 aromatic rings. The fraction of sp³-hybridized carbons (Fsp3) is 0.375. The van der Waals surface area contributed by atoms with Crippen molar-refractivity contribution in [2.24, 2.45) is 0 Å². The van der Waals surface area contributed by atoms with Gasteiger partial charge in [0.15, 0.2) is 0 Å². The maximum atomic E-state index is 10.1. The van der Waals surface area contributed by atoms with Gasteiger partial charge in [0, 0.05) is 15.5 Å². The number of benzene rings is 2. The van der Waals surface area contributed by atoms with Crippen LogP contribution in [0, 0.1) is 0 Å². The summed E-state index contributed by atoms with van der Waals surface area (Å²) in [7, 11) is 0. The Balaban J connectivity index is 1.94. The Morgan fingerprint density at radius 3 is 2.53 bits per heavy atom. The monoisotopic (exact) mass is 319 g/mol. The normalized spacial score (nSPS) is 23.5. The molecule has 100 valence electrons. The van der Waals surface area contributed by atoms with Gasteiger partial charge >= 0.3 is 0 Å². The molecule has 1 aliphatic carbocycles. The van der Waals surface area contributed by atoms with E-state index in [2.05, 4.69) is 51.6 Å². The topological polar surface area (TPSA) is 32.3 Å². The van der Waals surface area contributed by atoms with Gasteiger partial charge in [0.1, 0.15) is 0 Å². The molecule has 0 aromatic heterocycles. The standard InChI is InChI=1S/C16H18BrNO/c17-13-9-10-14(12-6-2-1-5-11(12)13)18-15-7-3-4-8-16(15)19/h1-2,5-6,9-10,15-16,18-19H,3-4,7-8H2/t15-,16-/m1/s1. The quantitative estimate of drug-likeness (QED) is 0.864. The van der Waals surface area contributed by atoms with E-state index in [1.807, 2.05) is 6.07 Å². The Bertz CT molecular complexity index is 584. The van der Waals surface area contributed by atoms with Crippen LogP contribution in [-0.4, -0.2) is 17.3 Å². The van der Waals surface area contributed by atoms with E-state index in [0.717, 1.165) is 29.4 Å². The van der Waals surface area contributed by atoms with E-state index in [1.54, 1.807) is 0 Å². The van der Waals surface area contributed by atoms with Crippen molar-refractivity contribution < 1.29 is 5.11 Å². The summed E-state index contributed by atoms with van der Waals surface area (Å²) in [6, 6.07) is 12.7. The zero-order chi connectivity index (χ0) is 13.2. The number of hydrogen-bond donors (Lipinski definition) is 2. The molecule has 2 atom stereocenters. The van der Waals surface area contributed by atoms with Gasteiger partial charge in [0.05, 0.1) is 12.1 Å². The van der Waals surface area contributed by atoms with Gasteiger partial charge in [0.2, 0.25) is 0 Å². The van der Waals surface area contributed by atoms with Crippen LogP contribution >= 0.6 is 15.9 Å². The predicted octanol–water partition coefficient (Wildman–Crippen LogP) is 4.32. The zero-order valence-electron chi connectivity index (χ0n) is 10.8. The molecule has 3 rings (SSSR count). The molecule has 2 nitrogen and oxygen atoms in total. The lowest BCUT2D eigenvalue weighted by atomic mass is 9.92. The first kappa shape index (κ1) is 12.9. The lowest BCUT2D eigenvalue weighted by molar-refractivity contribution is 0.116. The molecule has 0 spiro atoms.